The standard InChI is InChI=1S/C12H16N2O4S/c1-7(15)13(2)5-3-4-8-11(12(17)18)14-9(16)6-10(14)19-8/h10H,3-6H2,1-2H3,(H,17,18)/t10-/m0/s1. The van der Waals surface area contributed by atoms with Gasteiger partial charge in [0.15, 0.2) is 0 Å². The Morgan fingerprint density at radius 2 is 2.21 bits per heavy atom. The third-order valence-corrected chi connectivity index (χ3v) is 4.66. The number of hydrogen-bond acceptors (Lipinski definition) is 4. The summed E-state index contributed by atoms with van der Waals surface area (Å²) in [4.78, 5) is 37.4. The Kier molecular flexibility index (Phi) is 3.84. The van der Waals surface area contributed by atoms with Crippen LogP contribution in [0.3, 0.4) is 0 Å². The summed E-state index contributed by atoms with van der Waals surface area (Å²) in [6.45, 7) is 2.09. The third kappa shape index (κ3) is 2.60. The predicted molar refractivity (Wildman–Crippen MR) is 70.0 cm³/mol. The minimum absolute atomic E-state index is 0.00879. The molecule has 1 atom stereocenters. The van der Waals surface area contributed by atoms with E-state index in [9.17, 15) is 19.5 Å². The number of rotatable bonds is 5. The number of fused-ring (bicyclic) bond motifs is 1. The first-order chi connectivity index (χ1) is 8.91. The number of aliphatic carboxylic acids is 1. The first-order valence-corrected chi connectivity index (χ1v) is 6.96. The molecule has 0 spiro atoms. The van der Waals surface area contributed by atoms with Gasteiger partial charge in [-0.25, -0.2) is 4.79 Å². The first kappa shape index (κ1) is 13.9. The fraction of sp³-hybridized carbons (Fsp3) is 0.583. The number of carboxylic acids is 1. The molecule has 2 aliphatic heterocycles. The van der Waals surface area contributed by atoms with Gasteiger partial charge in [-0.3, -0.25) is 14.5 Å². The molecule has 1 N–H and O–H groups in total. The topological polar surface area (TPSA) is 77.9 Å². The van der Waals surface area contributed by atoms with E-state index in [0.717, 1.165) is 4.91 Å². The van der Waals surface area contributed by atoms with E-state index in [1.54, 1.807) is 11.9 Å². The summed E-state index contributed by atoms with van der Waals surface area (Å²) in [7, 11) is 1.72. The van der Waals surface area contributed by atoms with Crippen LogP contribution < -0.4 is 0 Å². The van der Waals surface area contributed by atoms with E-state index in [1.807, 2.05) is 0 Å². The summed E-state index contributed by atoms with van der Waals surface area (Å²) in [5.74, 6) is -1.17. The number of β-lactam (4-membered cyclic amide) rings is 1. The number of carbonyl (C=O) groups is 3. The van der Waals surface area contributed by atoms with Gasteiger partial charge < -0.3 is 10.0 Å². The van der Waals surface area contributed by atoms with Crippen molar-refractivity contribution in [2.24, 2.45) is 0 Å². The lowest BCUT2D eigenvalue weighted by molar-refractivity contribution is -0.145. The third-order valence-electron chi connectivity index (χ3n) is 3.33. The minimum Gasteiger partial charge on any atom is -0.477 e. The maximum Gasteiger partial charge on any atom is 0.353 e. The maximum atomic E-state index is 11.4. The van der Waals surface area contributed by atoms with Crippen molar-refractivity contribution >= 4 is 29.5 Å². The average molecular weight is 284 g/mol. The molecule has 19 heavy (non-hydrogen) atoms. The van der Waals surface area contributed by atoms with Gasteiger partial charge in [-0.15, -0.1) is 11.8 Å². The zero-order valence-corrected chi connectivity index (χ0v) is 11.7. The largest absolute Gasteiger partial charge is 0.477 e. The number of carbonyl (C=O) groups excluding carboxylic acids is 2. The van der Waals surface area contributed by atoms with E-state index in [4.69, 9.17) is 0 Å². The molecule has 6 nitrogen and oxygen atoms in total. The second-order valence-corrected chi connectivity index (χ2v) is 5.93. The van der Waals surface area contributed by atoms with E-state index in [-0.39, 0.29) is 22.9 Å². The van der Waals surface area contributed by atoms with Crippen molar-refractivity contribution in [1.29, 1.82) is 0 Å². The van der Waals surface area contributed by atoms with Gasteiger partial charge >= 0.3 is 5.97 Å². The fourth-order valence-electron chi connectivity index (χ4n) is 2.14. The van der Waals surface area contributed by atoms with E-state index in [1.165, 1.54) is 23.6 Å². The second kappa shape index (κ2) is 5.24. The molecule has 0 aromatic carbocycles. The number of hydrogen-bond donors (Lipinski definition) is 1. The highest BCUT2D eigenvalue weighted by atomic mass is 32.2. The number of thioether (sulfide) groups is 1. The highest BCUT2D eigenvalue weighted by molar-refractivity contribution is 8.04. The smallest absolute Gasteiger partial charge is 0.353 e. The highest BCUT2D eigenvalue weighted by Gasteiger charge is 2.47. The lowest BCUT2D eigenvalue weighted by Gasteiger charge is -2.33. The average Bonchev–Trinajstić information content (AvgIpc) is 2.61. The lowest BCUT2D eigenvalue weighted by Crippen LogP contribution is -2.48. The van der Waals surface area contributed by atoms with Crippen molar-refractivity contribution < 1.29 is 19.5 Å². The molecule has 2 rings (SSSR count). The maximum absolute atomic E-state index is 11.4. The predicted octanol–water partition coefficient (Wildman–Crippen LogP) is 0.846. The van der Waals surface area contributed by atoms with E-state index < -0.39 is 5.97 Å². The van der Waals surface area contributed by atoms with Gasteiger partial charge in [-0.05, 0) is 12.8 Å². The van der Waals surface area contributed by atoms with Crippen LogP contribution in [-0.4, -0.2) is 51.7 Å². The van der Waals surface area contributed by atoms with E-state index in [0.29, 0.717) is 25.8 Å². The Labute approximate surface area is 115 Å². The van der Waals surface area contributed by atoms with Crippen molar-refractivity contribution in [2.45, 2.75) is 31.6 Å². The van der Waals surface area contributed by atoms with Gasteiger partial charge in [0.05, 0.1) is 11.8 Å². The summed E-state index contributed by atoms with van der Waals surface area (Å²) in [5.41, 5.74) is 0.136. The molecule has 2 aliphatic rings. The van der Waals surface area contributed by atoms with Gasteiger partial charge in [0.2, 0.25) is 11.8 Å². The van der Waals surface area contributed by atoms with Crippen molar-refractivity contribution in [2.75, 3.05) is 13.6 Å². The molecule has 1 saturated heterocycles. The molecule has 1 fully saturated rings. The van der Waals surface area contributed by atoms with Gasteiger partial charge in [-0.2, -0.15) is 0 Å². The summed E-state index contributed by atoms with van der Waals surface area (Å²) in [6.07, 6.45) is 1.70. The van der Waals surface area contributed by atoms with Crippen LogP contribution in [0.5, 0.6) is 0 Å². The normalized spacial score (nSPS) is 21.3. The fourth-order valence-corrected chi connectivity index (χ4v) is 3.58. The molecule has 0 unspecified atom stereocenters. The Bertz CT molecular complexity index is 474. The molecule has 0 aromatic rings. The molecule has 2 heterocycles. The van der Waals surface area contributed by atoms with Gasteiger partial charge in [0.25, 0.3) is 0 Å². The van der Waals surface area contributed by atoms with Crippen LogP contribution in [0.25, 0.3) is 0 Å². The molecule has 0 aromatic heterocycles. The zero-order valence-electron chi connectivity index (χ0n) is 10.9. The monoisotopic (exact) mass is 284 g/mol. The van der Waals surface area contributed by atoms with Crippen molar-refractivity contribution in [3.63, 3.8) is 0 Å². The molecule has 0 bridgehead atoms. The second-order valence-electron chi connectivity index (χ2n) is 4.66. The van der Waals surface area contributed by atoms with Crippen molar-refractivity contribution in [3.8, 4) is 0 Å². The van der Waals surface area contributed by atoms with E-state index in [2.05, 4.69) is 0 Å². The Balaban J connectivity index is 1.98. The minimum atomic E-state index is -1.04. The lowest BCUT2D eigenvalue weighted by atomic mass is 10.1. The number of carboxylic acid groups (broad SMARTS) is 1. The van der Waals surface area contributed by atoms with Gasteiger partial charge in [-0.1, -0.05) is 0 Å². The van der Waals surface area contributed by atoms with Crippen LogP contribution in [0.15, 0.2) is 10.6 Å². The summed E-state index contributed by atoms with van der Waals surface area (Å²) >= 11 is 1.46. The zero-order chi connectivity index (χ0) is 14.2. The van der Waals surface area contributed by atoms with Gasteiger partial charge in [0.1, 0.15) is 5.70 Å². The molecule has 0 radical (unpaired) electrons. The molecule has 2 amide bonds. The molecule has 0 saturated carbocycles. The van der Waals surface area contributed by atoms with Gasteiger partial charge in [0, 0.05) is 25.4 Å². The van der Waals surface area contributed by atoms with Crippen LogP contribution >= 0.6 is 11.8 Å². The number of allylic oxidation sites excluding steroid dienone is 1. The molecule has 104 valence electrons. The summed E-state index contributed by atoms with van der Waals surface area (Å²) in [6, 6.07) is 0. The van der Waals surface area contributed by atoms with Crippen molar-refractivity contribution in [3.05, 3.63) is 10.6 Å². The van der Waals surface area contributed by atoms with E-state index >= 15 is 0 Å². The Morgan fingerprint density at radius 1 is 1.53 bits per heavy atom. The Hall–Kier alpha value is -1.50. The molecular weight excluding hydrogens is 268 g/mol. The van der Waals surface area contributed by atoms with Crippen LogP contribution in [0, 0.1) is 0 Å². The Morgan fingerprint density at radius 3 is 2.74 bits per heavy atom. The van der Waals surface area contributed by atoms with Crippen molar-refractivity contribution in [1.82, 2.24) is 9.80 Å². The summed E-state index contributed by atoms with van der Waals surface area (Å²) < 4.78 is 0. The highest BCUT2D eigenvalue weighted by Crippen LogP contribution is 2.47. The first-order valence-electron chi connectivity index (χ1n) is 6.08. The van der Waals surface area contributed by atoms with Crippen LogP contribution in [0.1, 0.15) is 26.2 Å². The molecular formula is C12H16N2O4S. The van der Waals surface area contributed by atoms with Crippen LogP contribution in [0.2, 0.25) is 0 Å². The SMILES string of the molecule is CC(=O)N(C)CCCC1=C(C(=O)O)N2C(=O)C[C@@H]2S1. The van der Waals surface area contributed by atoms with Crippen LogP contribution in [-0.2, 0) is 14.4 Å². The number of nitrogens with zero attached hydrogens (tertiary/aromatic N) is 2. The summed E-state index contributed by atoms with van der Waals surface area (Å²) in [5, 5.41) is 9.16. The van der Waals surface area contributed by atoms with Crippen LogP contribution in [0.4, 0.5) is 0 Å². The molecule has 7 heteroatoms. The quantitative estimate of drug-likeness (QED) is 0.757. The molecule has 0 aliphatic carbocycles. The number of amides is 2.